The van der Waals surface area contributed by atoms with Crippen LogP contribution in [0.25, 0.3) is 0 Å². The Labute approximate surface area is 97.8 Å². The van der Waals surface area contributed by atoms with Crippen LogP contribution in [0.15, 0.2) is 24.5 Å². The van der Waals surface area contributed by atoms with E-state index < -0.39 is 0 Å². The molecule has 1 rings (SSSR count). The first-order valence-electron chi connectivity index (χ1n) is 4.60. The van der Waals surface area contributed by atoms with E-state index in [1.54, 1.807) is 0 Å². The Balaban J connectivity index is 2.68. The molecular weight excluding hydrogens is 258 g/mol. The molecule has 1 aromatic rings. The maximum Gasteiger partial charge on any atom is 0.237 e. The molecule has 0 saturated carbocycles. The Morgan fingerprint density at radius 2 is 2.07 bits per heavy atom. The number of pyridine rings is 1. The zero-order chi connectivity index (χ0) is 11.4. The lowest BCUT2D eigenvalue weighted by Gasteiger charge is -2.10. The molecule has 1 aromatic heterocycles. The molecule has 0 aliphatic heterocycles. The average Bonchev–Trinajstić information content (AvgIpc) is 2.18. The Bertz CT molecular complexity index is 337. The number of alkyl halides is 1. The molecule has 4 nitrogen and oxygen atoms in total. The third-order valence-corrected chi connectivity index (χ3v) is 2.81. The van der Waals surface area contributed by atoms with Gasteiger partial charge in [0, 0.05) is 31.9 Å². The first kappa shape index (κ1) is 12.0. The van der Waals surface area contributed by atoms with E-state index in [0.717, 1.165) is 5.69 Å². The van der Waals surface area contributed by atoms with Crippen molar-refractivity contribution in [3.8, 4) is 0 Å². The number of carbonyl (C=O) groups is 1. The Morgan fingerprint density at radius 3 is 2.47 bits per heavy atom. The predicted molar refractivity (Wildman–Crippen MR) is 62.9 cm³/mol. The number of nitrogens with zero attached hydrogens (tertiary/aromatic N) is 2. The van der Waals surface area contributed by atoms with Crippen LogP contribution in [0.3, 0.4) is 0 Å². The highest BCUT2D eigenvalue weighted by molar-refractivity contribution is 9.10. The van der Waals surface area contributed by atoms with Crippen LogP contribution in [0.2, 0.25) is 0 Å². The van der Waals surface area contributed by atoms with Gasteiger partial charge in [-0.05, 0) is 0 Å². The number of halogens is 1. The van der Waals surface area contributed by atoms with Gasteiger partial charge in [-0.15, -0.1) is 0 Å². The average molecular weight is 273 g/mol. The smallest absolute Gasteiger partial charge is 0.237 e. The summed E-state index contributed by atoms with van der Waals surface area (Å²) in [6.07, 6.45) is 3.85. The van der Waals surface area contributed by atoms with Crippen LogP contribution in [0.1, 0.15) is 0 Å². The molecule has 0 bridgehead atoms. The largest absolute Gasteiger partial charge is 0.377 e. The number of hydrogen-bond donors (Lipinski definition) is 1. The molecule has 2 N–H and O–H groups in total. The summed E-state index contributed by atoms with van der Waals surface area (Å²) >= 11 is 3.22. The number of nitrogens with two attached hydrogens (primary N) is 1. The summed E-state index contributed by atoms with van der Waals surface area (Å²) in [5, 5.41) is 0. The molecular formula is C10H15BrN3O+. The minimum absolute atomic E-state index is 0.326. The van der Waals surface area contributed by atoms with Gasteiger partial charge in [0.05, 0.1) is 0 Å². The molecule has 0 spiro atoms. The normalized spacial score (nSPS) is 12.2. The standard InChI is InChI=1S/C10H14BrN3O/c1-13(2)8-3-5-14(6-4-8)7-9(11)10(12)15/h3-6,9H,7H2,1-2H3,(H-,12,15)/p+1. The minimum Gasteiger partial charge on any atom is -0.377 e. The molecule has 1 amide bonds. The zero-order valence-corrected chi connectivity index (χ0v) is 10.4. The number of aromatic nitrogens is 1. The van der Waals surface area contributed by atoms with Crippen molar-refractivity contribution in [3.63, 3.8) is 0 Å². The van der Waals surface area contributed by atoms with E-state index in [-0.39, 0.29) is 10.7 Å². The predicted octanol–water partition coefficient (Wildman–Crippen LogP) is 0.289. The summed E-state index contributed by atoms with van der Waals surface area (Å²) in [6.45, 7) is 0.545. The minimum atomic E-state index is -0.348. The molecule has 0 aliphatic carbocycles. The van der Waals surface area contributed by atoms with E-state index in [0.29, 0.717) is 6.54 Å². The molecule has 1 unspecified atom stereocenters. The fourth-order valence-corrected chi connectivity index (χ4v) is 1.48. The molecule has 0 aromatic carbocycles. The number of anilines is 1. The van der Waals surface area contributed by atoms with Crippen molar-refractivity contribution in [1.82, 2.24) is 0 Å². The lowest BCUT2D eigenvalue weighted by atomic mass is 10.3. The Kier molecular flexibility index (Phi) is 4.08. The van der Waals surface area contributed by atoms with E-state index in [9.17, 15) is 4.79 Å². The molecule has 1 heterocycles. The number of primary amides is 1. The summed E-state index contributed by atoms with van der Waals surface area (Å²) in [6, 6.07) is 3.97. The van der Waals surface area contributed by atoms with Crippen molar-refractivity contribution in [2.24, 2.45) is 5.73 Å². The summed E-state index contributed by atoms with van der Waals surface area (Å²) in [5.74, 6) is -0.348. The van der Waals surface area contributed by atoms with Crippen molar-refractivity contribution in [3.05, 3.63) is 24.5 Å². The second-order valence-corrected chi connectivity index (χ2v) is 4.62. The molecule has 15 heavy (non-hydrogen) atoms. The third-order valence-electron chi connectivity index (χ3n) is 2.07. The Hall–Kier alpha value is -1.10. The molecule has 82 valence electrons. The van der Waals surface area contributed by atoms with Crippen LogP contribution in [0, 0.1) is 0 Å². The summed E-state index contributed by atoms with van der Waals surface area (Å²) in [7, 11) is 3.97. The van der Waals surface area contributed by atoms with Gasteiger partial charge >= 0.3 is 0 Å². The summed E-state index contributed by atoms with van der Waals surface area (Å²) < 4.78 is 1.91. The fraction of sp³-hybridized carbons (Fsp3) is 0.400. The van der Waals surface area contributed by atoms with Gasteiger partial charge in [0.2, 0.25) is 5.91 Å². The number of amides is 1. The summed E-state index contributed by atoms with van der Waals surface area (Å²) in [4.78, 5) is 12.5. The SMILES string of the molecule is CN(C)c1cc[n+](CC(Br)C(N)=O)cc1. The van der Waals surface area contributed by atoms with Gasteiger partial charge in [-0.25, -0.2) is 4.57 Å². The summed E-state index contributed by atoms with van der Waals surface area (Å²) in [5.41, 5.74) is 6.28. The van der Waals surface area contributed by atoms with Crippen LogP contribution >= 0.6 is 15.9 Å². The van der Waals surface area contributed by atoms with Gasteiger partial charge in [0.25, 0.3) is 0 Å². The highest BCUT2D eigenvalue weighted by Crippen LogP contribution is 2.06. The van der Waals surface area contributed by atoms with E-state index >= 15 is 0 Å². The highest BCUT2D eigenvalue weighted by Gasteiger charge is 2.16. The number of rotatable bonds is 4. The van der Waals surface area contributed by atoms with Gasteiger partial charge in [-0.3, -0.25) is 4.79 Å². The first-order chi connectivity index (χ1) is 7.00. The van der Waals surface area contributed by atoms with Crippen molar-refractivity contribution in [2.75, 3.05) is 19.0 Å². The van der Waals surface area contributed by atoms with Crippen molar-refractivity contribution >= 4 is 27.5 Å². The van der Waals surface area contributed by atoms with Crippen molar-refractivity contribution < 1.29 is 9.36 Å². The van der Waals surface area contributed by atoms with E-state index in [1.165, 1.54) is 0 Å². The van der Waals surface area contributed by atoms with Gasteiger partial charge in [0.15, 0.2) is 23.8 Å². The quantitative estimate of drug-likeness (QED) is 0.633. The maximum atomic E-state index is 10.8. The number of carbonyl (C=O) groups excluding carboxylic acids is 1. The second kappa shape index (κ2) is 5.11. The van der Waals surface area contributed by atoms with E-state index in [1.807, 2.05) is 48.1 Å². The topological polar surface area (TPSA) is 50.2 Å². The van der Waals surface area contributed by atoms with Crippen LogP contribution in [-0.2, 0) is 11.3 Å². The molecule has 0 radical (unpaired) electrons. The van der Waals surface area contributed by atoms with Crippen molar-refractivity contribution in [2.45, 2.75) is 11.4 Å². The highest BCUT2D eigenvalue weighted by atomic mass is 79.9. The van der Waals surface area contributed by atoms with E-state index in [2.05, 4.69) is 15.9 Å². The molecule has 0 fully saturated rings. The van der Waals surface area contributed by atoms with Gasteiger partial charge in [0.1, 0.15) is 0 Å². The lowest BCUT2D eigenvalue weighted by Crippen LogP contribution is -2.42. The second-order valence-electron chi connectivity index (χ2n) is 3.52. The molecule has 1 atom stereocenters. The molecule has 5 heteroatoms. The third kappa shape index (κ3) is 3.51. The van der Waals surface area contributed by atoms with Crippen LogP contribution in [0.4, 0.5) is 5.69 Å². The van der Waals surface area contributed by atoms with E-state index in [4.69, 9.17) is 5.73 Å². The van der Waals surface area contributed by atoms with Gasteiger partial charge in [-0.1, -0.05) is 15.9 Å². The molecule has 0 saturated heterocycles. The monoisotopic (exact) mass is 272 g/mol. The van der Waals surface area contributed by atoms with Crippen LogP contribution in [0.5, 0.6) is 0 Å². The molecule has 0 aliphatic rings. The van der Waals surface area contributed by atoms with Gasteiger partial charge < -0.3 is 10.6 Å². The number of hydrogen-bond acceptors (Lipinski definition) is 2. The maximum absolute atomic E-state index is 10.8. The fourth-order valence-electron chi connectivity index (χ4n) is 1.14. The zero-order valence-electron chi connectivity index (χ0n) is 8.85. The lowest BCUT2D eigenvalue weighted by molar-refractivity contribution is -0.694. The van der Waals surface area contributed by atoms with Gasteiger partial charge in [-0.2, -0.15) is 0 Å². The van der Waals surface area contributed by atoms with Crippen LogP contribution < -0.4 is 15.2 Å². The van der Waals surface area contributed by atoms with Crippen LogP contribution in [-0.4, -0.2) is 24.8 Å². The Morgan fingerprint density at radius 1 is 1.53 bits per heavy atom. The first-order valence-corrected chi connectivity index (χ1v) is 5.52. The van der Waals surface area contributed by atoms with Crippen molar-refractivity contribution in [1.29, 1.82) is 0 Å².